The minimum Gasteiger partial charge on any atom is -0.507 e. The van der Waals surface area contributed by atoms with Crippen LogP contribution in [0, 0.1) is 0 Å². The molecule has 0 fully saturated rings. The highest BCUT2D eigenvalue weighted by Crippen LogP contribution is 2.24. The Kier molecular flexibility index (Phi) is 2.47. The van der Waals surface area contributed by atoms with Crippen LogP contribution in [0.3, 0.4) is 0 Å². The van der Waals surface area contributed by atoms with Crippen molar-refractivity contribution in [1.29, 1.82) is 0 Å². The van der Waals surface area contributed by atoms with Crippen molar-refractivity contribution in [2.75, 3.05) is 0 Å². The van der Waals surface area contributed by atoms with Gasteiger partial charge in [-0.15, -0.1) is 0 Å². The van der Waals surface area contributed by atoms with Crippen molar-refractivity contribution in [2.45, 2.75) is 19.4 Å². The topological polar surface area (TPSA) is 101 Å². The maximum absolute atomic E-state index is 10.7. The number of hydrogen-bond donors (Lipinski definition) is 3. The third-order valence-electron chi connectivity index (χ3n) is 1.95. The van der Waals surface area contributed by atoms with E-state index >= 15 is 0 Å². The fourth-order valence-corrected chi connectivity index (χ4v) is 1.82. The summed E-state index contributed by atoms with van der Waals surface area (Å²) in [5, 5.41) is 9.20. The molecule has 0 aromatic rings. The van der Waals surface area contributed by atoms with Crippen LogP contribution in [-0.4, -0.2) is 24.1 Å². The molecule has 1 aliphatic rings. The molecule has 13 heavy (non-hydrogen) atoms. The van der Waals surface area contributed by atoms with E-state index in [0.717, 1.165) is 0 Å². The monoisotopic (exact) mass is 205 g/mol. The number of nitrogens with two attached hydrogens (primary N) is 1. The average Bonchev–Trinajstić information content (AvgIpc) is 1.94. The van der Waals surface area contributed by atoms with E-state index in [9.17, 15) is 13.5 Å². The minimum absolute atomic E-state index is 0.0625. The molecule has 0 heterocycles. The fourth-order valence-electron chi connectivity index (χ4n) is 1.11. The number of aliphatic hydroxyl groups is 1. The lowest BCUT2D eigenvalue weighted by Crippen LogP contribution is -2.27. The lowest BCUT2D eigenvalue weighted by atomic mass is 10.0. The van der Waals surface area contributed by atoms with Crippen LogP contribution in [0.5, 0.6) is 0 Å². The van der Waals surface area contributed by atoms with Crippen molar-refractivity contribution in [3.8, 4) is 0 Å². The molecule has 0 aromatic heterocycles. The second-order valence-corrected chi connectivity index (χ2v) is 4.43. The SMILES string of the molecule is CC1=CC(O)=C(S(=O)(=O)O)CC1N. The first kappa shape index (κ1) is 10.2. The Morgan fingerprint density at radius 2 is 2.15 bits per heavy atom. The van der Waals surface area contributed by atoms with Gasteiger partial charge < -0.3 is 10.8 Å². The number of rotatable bonds is 1. The van der Waals surface area contributed by atoms with E-state index in [-0.39, 0.29) is 6.42 Å². The number of allylic oxidation sites excluding steroid dienone is 1. The maximum atomic E-state index is 10.7. The van der Waals surface area contributed by atoms with E-state index in [1.807, 2.05) is 0 Å². The summed E-state index contributed by atoms with van der Waals surface area (Å²) in [6, 6.07) is -0.465. The summed E-state index contributed by atoms with van der Waals surface area (Å²) in [6.07, 6.45) is 1.18. The Morgan fingerprint density at radius 3 is 2.62 bits per heavy atom. The van der Waals surface area contributed by atoms with E-state index in [2.05, 4.69) is 0 Å². The Morgan fingerprint density at radius 1 is 1.62 bits per heavy atom. The summed E-state index contributed by atoms with van der Waals surface area (Å²) < 4.78 is 30.1. The van der Waals surface area contributed by atoms with Crippen LogP contribution in [0.1, 0.15) is 13.3 Å². The Bertz CT molecular complexity index is 379. The molecule has 1 rings (SSSR count). The smallest absolute Gasteiger partial charge is 0.294 e. The molecule has 0 amide bonds. The van der Waals surface area contributed by atoms with Gasteiger partial charge >= 0.3 is 0 Å². The summed E-state index contributed by atoms with van der Waals surface area (Å²) in [5.74, 6) is -0.429. The van der Waals surface area contributed by atoms with Crippen LogP contribution in [0.2, 0.25) is 0 Å². The van der Waals surface area contributed by atoms with E-state index in [1.165, 1.54) is 6.08 Å². The van der Waals surface area contributed by atoms with Gasteiger partial charge in [0.2, 0.25) is 0 Å². The van der Waals surface area contributed by atoms with Gasteiger partial charge in [-0.3, -0.25) is 4.55 Å². The molecule has 0 radical (unpaired) electrons. The Labute approximate surface area is 76.3 Å². The lowest BCUT2D eigenvalue weighted by Gasteiger charge is -2.18. The number of hydrogen-bond acceptors (Lipinski definition) is 4. The fraction of sp³-hybridized carbons (Fsp3) is 0.429. The summed E-state index contributed by atoms with van der Waals surface area (Å²) in [5.41, 5.74) is 6.22. The Hall–Kier alpha value is -0.850. The number of aliphatic hydroxyl groups excluding tert-OH is 1. The van der Waals surface area contributed by atoms with Crippen molar-refractivity contribution < 1.29 is 18.1 Å². The van der Waals surface area contributed by atoms with Gasteiger partial charge in [-0.2, -0.15) is 8.42 Å². The molecule has 0 saturated heterocycles. The average molecular weight is 205 g/mol. The maximum Gasteiger partial charge on any atom is 0.294 e. The predicted molar refractivity (Wildman–Crippen MR) is 47.6 cm³/mol. The van der Waals surface area contributed by atoms with Crippen LogP contribution < -0.4 is 5.73 Å². The minimum atomic E-state index is -4.33. The first-order valence-corrected chi connectivity index (χ1v) is 5.09. The van der Waals surface area contributed by atoms with Crippen LogP contribution in [0.25, 0.3) is 0 Å². The van der Waals surface area contributed by atoms with Gasteiger partial charge in [-0.1, -0.05) is 5.57 Å². The summed E-state index contributed by atoms with van der Waals surface area (Å²) in [6.45, 7) is 1.68. The first-order chi connectivity index (χ1) is 5.82. The van der Waals surface area contributed by atoms with Gasteiger partial charge in [0, 0.05) is 12.5 Å². The predicted octanol–water partition coefficient (Wildman–Crippen LogP) is 0.321. The van der Waals surface area contributed by atoms with Gasteiger partial charge in [0.15, 0.2) is 0 Å². The van der Waals surface area contributed by atoms with Gasteiger partial charge in [-0.05, 0) is 13.0 Å². The lowest BCUT2D eigenvalue weighted by molar-refractivity contribution is 0.413. The largest absolute Gasteiger partial charge is 0.507 e. The van der Waals surface area contributed by atoms with Crippen molar-refractivity contribution in [1.82, 2.24) is 0 Å². The second kappa shape index (κ2) is 3.13. The quantitative estimate of drug-likeness (QED) is 0.535. The van der Waals surface area contributed by atoms with Gasteiger partial charge in [0.1, 0.15) is 10.7 Å². The molecule has 4 N–H and O–H groups in total. The first-order valence-electron chi connectivity index (χ1n) is 3.65. The molecule has 0 bridgehead atoms. The van der Waals surface area contributed by atoms with Crippen molar-refractivity contribution in [3.05, 3.63) is 22.3 Å². The van der Waals surface area contributed by atoms with E-state index in [4.69, 9.17) is 10.3 Å². The molecule has 0 aliphatic heterocycles. The van der Waals surface area contributed by atoms with Crippen LogP contribution >= 0.6 is 0 Å². The zero-order valence-electron chi connectivity index (χ0n) is 7.06. The van der Waals surface area contributed by atoms with Crippen molar-refractivity contribution >= 4 is 10.1 Å². The zero-order chi connectivity index (χ0) is 10.2. The van der Waals surface area contributed by atoms with Crippen LogP contribution in [0.15, 0.2) is 22.3 Å². The molecule has 1 aliphatic carbocycles. The van der Waals surface area contributed by atoms with Gasteiger partial charge in [-0.25, -0.2) is 0 Å². The molecule has 0 aromatic carbocycles. The molecule has 0 saturated carbocycles. The molecule has 5 nitrogen and oxygen atoms in total. The van der Waals surface area contributed by atoms with Gasteiger partial charge in [0.25, 0.3) is 10.1 Å². The summed E-state index contributed by atoms with van der Waals surface area (Å²) in [4.78, 5) is -0.411. The molecule has 1 unspecified atom stereocenters. The van der Waals surface area contributed by atoms with Crippen LogP contribution in [-0.2, 0) is 10.1 Å². The highest BCUT2D eigenvalue weighted by Gasteiger charge is 2.25. The van der Waals surface area contributed by atoms with E-state index in [0.29, 0.717) is 5.57 Å². The van der Waals surface area contributed by atoms with Crippen molar-refractivity contribution in [2.24, 2.45) is 5.73 Å². The summed E-state index contributed by atoms with van der Waals surface area (Å²) in [7, 11) is -4.33. The second-order valence-electron chi connectivity index (χ2n) is 2.98. The van der Waals surface area contributed by atoms with Crippen LogP contribution in [0.4, 0.5) is 0 Å². The molecular formula is C7H11NO4S. The molecule has 1 atom stereocenters. The third kappa shape index (κ3) is 2.09. The van der Waals surface area contributed by atoms with Crippen molar-refractivity contribution in [3.63, 3.8) is 0 Å². The van der Waals surface area contributed by atoms with E-state index in [1.54, 1.807) is 6.92 Å². The highest BCUT2D eigenvalue weighted by atomic mass is 32.2. The molecule has 6 heteroatoms. The Balaban J connectivity index is 3.20. The molecular weight excluding hydrogens is 194 g/mol. The molecule has 74 valence electrons. The van der Waals surface area contributed by atoms with Gasteiger partial charge in [0.05, 0.1) is 0 Å². The highest BCUT2D eigenvalue weighted by molar-refractivity contribution is 7.89. The molecule has 0 spiro atoms. The normalized spacial score (nSPS) is 24.5. The van der Waals surface area contributed by atoms with E-state index < -0.39 is 26.8 Å². The zero-order valence-corrected chi connectivity index (χ0v) is 7.87. The summed E-state index contributed by atoms with van der Waals surface area (Å²) >= 11 is 0. The third-order valence-corrected chi connectivity index (χ3v) is 2.95. The standard InChI is InChI=1S/C7H11NO4S/c1-4-2-6(9)7(3-5(4)8)13(10,11)12/h2,5,9H,3,8H2,1H3,(H,10,11,12).